The lowest BCUT2D eigenvalue weighted by Gasteiger charge is -2.08. The fourth-order valence-electron chi connectivity index (χ4n) is 1.98. The first-order valence-electron chi connectivity index (χ1n) is 5.88. The van der Waals surface area contributed by atoms with Gasteiger partial charge in [0.1, 0.15) is 5.75 Å². The second kappa shape index (κ2) is 4.86. The van der Waals surface area contributed by atoms with Crippen molar-refractivity contribution in [2.45, 2.75) is 5.25 Å². The molecule has 0 fully saturated rings. The molecule has 1 unspecified atom stereocenters. The van der Waals surface area contributed by atoms with Crippen LogP contribution in [0.4, 0.5) is 0 Å². The van der Waals surface area contributed by atoms with E-state index in [0.29, 0.717) is 11.0 Å². The van der Waals surface area contributed by atoms with Crippen LogP contribution in [0.2, 0.25) is 0 Å². The van der Waals surface area contributed by atoms with Crippen molar-refractivity contribution in [3.8, 4) is 5.75 Å². The lowest BCUT2D eigenvalue weighted by molar-refractivity contribution is 0.475. The third-order valence-corrected chi connectivity index (χ3v) is 4.23. The van der Waals surface area contributed by atoms with E-state index in [0.717, 1.165) is 17.2 Å². The number of phenolic OH excluding ortho intramolecular Hbond substituents is 1. The molecule has 1 heterocycles. The molecule has 0 saturated carbocycles. The van der Waals surface area contributed by atoms with E-state index in [1.54, 1.807) is 23.9 Å². The first kappa shape index (κ1) is 11.4. The Morgan fingerprint density at radius 2 is 1.72 bits per heavy atom. The zero-order valence-electron chi connectivity index (χ0n) is 9.78. The minimum absolute atomic E-state index is 0.293. The Labute approximate surface area is 110 Å². The first-order valence-corrected chi connectivity index (χ1v) is 6.76. The van der Waals surface area contributed by atoms with Crippen molar-refractivity contribution in [2.24, 2.45) is 4.99 Å². The van der Waals surface area contributed by atoms with Crippen molar-refractivity contribution < 1.29 is 5.11 Å². The minimum Gasteiger partial charge on any atom is -0.508 e. The van der Waals surface area contributed by atoms with Crippen LogP contribution in [0.15, 0.2) is 59.6 Å². The number of phenols is 1. The van der Waals surface area contributed by atoms with E-state index < -0.39 is 0 Å². The van der Waals surface area contributed by atoms with E-state index in [-0.39, 0.29) is 0 Å². The number of hydrogen-bond donors (Lipinski definition) is 1. The predicted molar refractivity (Wildman–Crippen MR) is 76.3 cm³/mol. The zero-order valence-corrected chi connectivity index (χ0v) is 10.6. The third-order valence-electron chi connectivity index (χ3n) is 2.94. The van der Waals surface area contributed by atoms with Crippen molar-refractivity contribution in [1.29, 1.82) is 0 Å². The Bertz CT molecular complexity index is 563. The van der Waals surface area contributed by atoms with Gasteiger partial charge in [-0.05, 0) is 29.8 Å². The van der Waals surface area contributed by atoms with Crippen LogP contribution in [0.1, 0.15) is 16.4 Å². The smallest absolute Gasteiger partial charge is 0.115 e. The number of aliphatic imine (C=N–C) groups is 1. The van der Waals surface area contributed by atoms with Gasteiger partial charge < -0.3 is 5.11 Å². The van der Waals surface area contributed by atoms with Crippen molar-refractivity contribution in [3.63, 3.8) is 0 Å². The average molecular weight is 255 g/mol. The van der Waals surface area contributed by atoms with Crippen LogP contribution < -0.4 is 0 Å². The van der Waals surface area contributed by atoms with Gasteiger partial charge >= 0.3 is 0 Å². The topological polar surface area (TPSA) is 32.6 Å². The molecule has 1 N–H and O–H groups in total. The highest BCUT2D eigenvalue weighted by Gasteiger charge is 2.21. The summed E-state index contributed by atoms with van der Waals surface area (Å²) in [6, 6.07) is 17.7. The molecular weight excluding hydrogens is 242 g/mol. The summed E-state index contributed by atoms with van der Waals surface area (Å²) in [5.41, 5.74) is 2.40. The van der Waals surface area contributed by atoms with Gasteiger partial charge in [-0.15, -0.1) is 0 Å². The Morgan fingerprint density at radius 1 is 1.00 bits per heavy atom. The van der Waals surface area contributed by atoms with E-state index in [1.807, 2.05) is 18.2 Å². The van der Waals surface area contributed by atoms with Gasteiger partial charge in [0.15, 0.2) is 0 Å². The Morgan fingerprint density at radius 3 is 2.44 bits per heavy atom. The second-order valence-corrected chi connectivity index (χ2v) is 5.40. The maximum atomic E-state index is 9.28. The lowest BCUT2D eigenvalue weighted by atomic mass is 10.1. The van der Waals surface area contributed by atoms with Gasteiger partial charge in [0, 0.05) is 5.56 Å². The van der Waals surface area contributed by atoms with Gasteiger partial charge in [0.05, 0.1) is 16.8 Å². The number of nitrogens with zero attached hydrogens (tertiary/aromatic N) is 1. The number of benzene rings is 2. The minimum atomic E-state index is 0.293. The fraction of sp³-hybridized carbons (Fsp3) is 0.133. The van der Waals surface area contributed by atoms with Crippen LogP contribution in [0.3, 0.4) is 0 Å². The molecule has 0 bridgehead atoms. The summed E-state index contributed by atoms with van der Waals surface area (Å²) in [4.78, 5) is 4.59. The van der Waals surface area contributed by atoms with Crippen LogP contribution in [0, 0.1) is 0 Å². The Balaban J connectivity index is 1.77. The first-order chi connectivity index (χ1) is 8.83. The maximum Gasteiger partial charge on any atom is 0.115 e. The van der Waals surface area contributed by atoms with Crippen molar-refractivity contribution in [3.05, 3.63) is 65.7 Å². The summed E-state index contributed by atoms with van der Waals surface area (Å²) in [5.74, 6) is 0.293. The molecule has 0 saturated heterocycles. The van der Waals surface area contributed by atoms with E-state index in [1.165, 1.54) is 5.56 Å². The fourth-order valence-corrected chi connectivity index (χ4v) is 3.11. The quantitative estimate of drug-likeness (QED) is 0.888. The van der Waals surface area contributed by atoms with Crippen LogP contribution in [-0.4, -0.2) is 16.7 Å². The molecule has 90 valence electrons. The molecule has 18 heavy (non-hydrogen) atoms. The van der Waals surface area contributed by atoms with E-state index >= 15 is 0 Å². The number of aromatic hydroxyl groups is 1. The van der Waals surface area contributed by atoms with Gasteiger partial charge in [0.2, 0.25) is 0 Å². The van der Waals surface area contributed by atoms with E-state index in [9.17, 15) is 5.11 Å². The standard InChI is InChI=1S/C15H13NOS/c17-13-8-6-12(7-9-13)15-16-10-14(18-15)11-4-2-1-3-5-11/h1-9,14,17H,10H2. The average Bonchev–Trinajstić information content (AvgIpc) is 2.90. The number of thioether (sulfide) groups is 1. The molecule has 0 aliphatic carbocycles. The predicted octanol–water partition coefficient (Wildman–Crippen LogP) is 3.63. The molecule has 3 heteroatoms. The molecule has 0 aromatic heterocycles. The summed E-state index contributed by atoms with van der Waals surface area (Å²) in [7, 11) is 0. The van der Waals surface area contributed by atoms with E-state index in [4.69, 9.17) is 0 Å². The zero-order chi connectivity index (χ0) is 12.4. The highest BCUT2D eigenvalue weighted by atomic mass is 32.2. The highest BCUT2D eigenvalue weighted by Crippen LogP contribution is 2.37. The SMILES string of the molecule is Oc1ccc(C2=NCC(c3ccccc3)S2)cc1. The monoisotopic (exact) mass is 255 g/mol. The normalized spacial score (nSPS) is 18.7. The van der Waals surface area contributed by atoms with Crippen molar-refractivity contribution in [1.82, 2.24) is 0 Å². The second-order valence-electron chi connectivity index (χ2n) is 4.21. The molecule has 0 spiro atoms. The largest absolute Gasteiger partial charge is 0.508 e. The van der Waals surface area contributed by atoms with Gasteiger partial charge in [-0.1, -0.05) is 42.1 Å². The summed E-state index contributed by atoms with van der Waals surface area (Å²) in [6.07, 6.45) is 0. The molecule has 1 atom stereocenters. The molecule has 1 aliphatic heterocycles. The van der Waals surface area contributed by atoms with Gasteiger partial charge in [-0.3, -0.25) is 4.99 Å². The molecular formula is C15H13NOS. The van der Waals surface area contributed by atoms with Gasteiger partial charge in [-0.2, -0.15) is 0 Å². The molecule has 3 rings (SSSR count). The molecule has 2 nitrogen and oxygen atoms in total. The summed E-state index contributed by atoms with van der Waals surface area (Å²) < 4.78 is 0. The van der Waals surface area contributed by atoms with Crippen LogP contribution >= 0.6 is 11.8 Å². The Kier molecular flexibility index (Phi) is 3.07. The van der Waals surface area contributed by atoms with Gasteiger partial charge in [-0.25, -0.2) is 0 Å². The van der Waals surface area contributed by atoms with Crippen LogP contribution in [0.25, 0.3) is 0 Å². The molecule has 1 aliphatic rings. The van der Waals surface area contributed by atoms with Crippen LogP contribution in [-0.2, 0) is 0 Å². The molecule has 0 radical (unpaired) electrons. The summed E-state index contributed by atoms with van der Waals surface area (Å²) in [6.45, 7) is 0.824. The van der Waals surface area contributed by atoms with E-state index in [2.05, 4.69) is 29.3 Å². The summed E-state index contributed by atoms with van der Waals surface area (Å²) >= 11 is 1.79. The number of hydrogen-bond acceptors (Lipinski definition) is 3. The highest BCUT2D eigenvalue weighted by molar-refractivity contribution is 8.14. The third kappa shape index (κ3) is 2.27. The van der Waals surface area contributed by atoms with Gasteiger partial charge in [0.25, 0.3) is 0 Å². The maximum absolute atomic E-state index is 9.28. The van der Waals surface area contributed by atoms with Crippen LogP contribution in [0.5, 0.6) is 5.75 Å². The molecule has 2 aromatic rings. The van der Waals surface area contributed by atoms with Crippen molar-refractivity contribution >= 4 is 16.8 Å². The lowest BCUT2D eigenvalue weighted by Crippen LogP contribution is -1.94. The number of rotatable bonds is 2. The Hall–Kier alpha value is -1.74. The summed E-state index contributed by atoms with van der Waals surface area (Å²) in [5, 5.41) is 10.8. The molecule has 2 aromatic carbocycles. The molecule has 0 amide bonds. The van der Waals surface area contributed by atoms with Crippen molar-refractivity contribution in [2.75, 3.05) is 6.54 Å².